The van der Waals surface area contributed by atoms with E-state index in [1.807, 2.05) is 20.8 Å². The quantitative estimate of drug-likeness (QED) is 0.565. The molecule has 94 valence electrons. The third-order valence-electron chi connectivity index (χ3n) is 2.31. The van der Waals surface area contributed by atoms with Crippen LogP contribution in [0.1, 0.15) is 27.7 Å². The molecule has 0 spiro atoms. The van der Waals surface area contributed by atoms with Crippen molar-refractivity contribution in [1.29, 1.82) is 5.26 Å². The molecule has 0 amide bonds. The fourth-order valence-corrected chi connectivity index (χ4v) is 1.50. The molecule has 0 aromatic heterocycles. The van der Waals surface area contributed by atoms with E-state index in [-0.39, 0.29) is 12.2 Å². The summed E-state index contributed by atoms with van der Waals surface area (Å²) in [6.07, 6.45) is -0.180. The molecule has 0 aromatic carbocycles. The van der Waals surface area contributed by atoms with Crippen molar-refractivity contribution in [2.45, 2.75) is 34.0 Å². The van der Waals surface area contributed by atoms with Crippen molar-refractivity contribution in [2.75, 3.05) is 32.8 Å². The average Bonchev–Trinajstić information content (AvgIpc) is 2.28. The maximum atomic E-state index is 8.78. The van der Waals surface area contributed by atoms with Crippen molar-refractivity contribution in [3.05, 3.63) is 0 Å². The van der Waals surface area contributed by atoms with Crippen molar-refractivity contribution in [1.82, 2.24) is 4.90 Å². The maximum absolute atomic E-state index is 8.78. The summed E-state index contributed by atoms with van der Waals surface area (Å²) < 4.78 is 11.0. The van der Waals surface area contributed by atoms with Gasteiger partial charge in [0.05, 0.1) is 12.0 Å². The predicted octanol–water partition coefficient (Wildman–Crippen LogP) is 1.87. The Labute approximate surface area is 99.1 Å². The van der Waals surface area contributed by atoms with Crippen LogP contribution in [0.2, 0.25) is 0 Å². The van der Waals surface area contributed by atoms with Crippen molar-refractivity contribution in [3.63, 3.8) is 0 Å². The van der Waals surface area contributed by atoms with Gasteiger partial charge in [-0.2, -0.15) is 5.26 Å². The van der Waals surface area contributed by atoms with Gasteiger partial charge in [0.1, 0.15) is 0 Å². The lowest BCUT2D eigenvalue weighted by Gasteiger charge is -2.26. The van der Waals surface area contributed by atoms with Gasteiger partial charge < -0.3 is 9.47 Å². The summed E-state index contributed by atoms with van der Waals surface area (Å²) in [6.45, 7) is 11.6. The first-order chi connectivity index (χ1) is 7.67. The minimum absolute atomic E-state index is 0.0452. The Bertz CT molecular complexity index is 198. The van der Waals surface area contributed by atoms with Gasteiger partial charge in [0.15, 0.2) is 6.29 Å². The summed E-state index contributed by atoms with van der Waals surface area (Å²) in [5.74, 6) is 0.0452. The molecule has 0 aliphatic carbocycles. The second-order valence-electron chi connectivity index (χ2n) is 3.72. The average molecular weight is 228 g/mol. The number of nitriles is 1. The van der Waals surface area contributed by atoms with Gasteiger partial charge in [-0.15, -0.1) is 0 Å². The van der Waals surface area contributed by atoms with Gasteiger partial charge in [-0.25, -0.2) is 0 Å². The summed E-state index contributed by atoms with van der Waals surface area (Å²) >= 11 is 0. The second kappa shape index (κ2) is 9.59. The molecule has 1 atom stereocenters. The molecule has 0 saturated carbocycles. The molecule has 0 N–H and O–H groups in total. The zero-order valence-corrected chi connectivity index (χ0v) is 10.9. The van der Waals surface area contributed by atoms with Crippen LogP contribution in [0.25, 0.3) is 0 Å². The van der Waals surface area contributed by atoms with E-state index in [1.54, 1.807) is 0 Å². The number of rotatable bonds is 9. The lowest BCUT2D eigenvalue weighted by Crippen LogP contribution is -2.37. The second-order valence-corrected chi connectivity index (χ2v) is 3.72. The van der Waals surface area contributed by atoms with Crippen molar-refractivity contribution >= 4 is 0 Å². The number of hydrogen-bond acceptors (Lipinski definition) is 4. The minimum Gasteiger partial charge on any atom is -0.352 e. The van der Waals surface area contributed by atoms with Crippen LogP contribution in [-0.2, 0) is 9.47 Å². The van der Waals surface area contributed by atoms with E-state index < -0.39 is 0 Å². The summed E-state index contributed by atoms with van der Waals surface area (Å²) in [4.78, 5) is 2.18. The molecule has 0 rings (SSSR count). The van der Waals surface area contributed by atoms with E-state index in [4.69, 9.17) is 14.7 Å². The summed E-state index contributed by atoms with van der Waals surface area (Å²) in [5.41, 5.74) is 0. The molecular formula is C12H24N2O2. The number of likely N-dealkylation sites (N-methyl/N-ethyl adjacent to an activating group) is 1. The normalized spacial score (nSPS) is 13.1. The van der Waals surface area contributed by atoms with Gasteiger partial charge in [-0.3, -0.25) is 4.90 Å². The smallest absolute Gasteiger partial charge is 0.170 e. The van der Waals surface area contributed by atoms with E-state index in [2.05, 4.69) is 17.9 Å². The molecule has 4 heteroatoms. The lowest BCUT2D eigenvalue weighted by atomic mass is 10.2. The maximum Gasteiger partial charge on any atom is 0.170 e. The van der Waals surface area contributed by atoms with Crippen LogP contribution >= 0.6 is 0 Å². The molecule has 0 fully saturated rings. The molecule has 0 heterocycles. The van der Waals surface area contributed by atoms with Crippen LogP contribution in [0.3, 0.4) is 0 Å². The van der Waals surface area contributed by atoms with Crippen LogP contribution in [-0.4, -0.2) is 44.0 Å². The molecule has 0 aliphatic rings. The van der Waals surface area contributed by atoms with Crippen LogP contribution in [0.4, 0.5) is 0 Å². The highest BCUT2D eigenvalue weighted by atomic mass is 16.7. The van der Waals surface area contributed by atoms with Crippen LogP contribution in [0, 0.1) is 17.2 Å². The van der Waals surface area contributed by atoms with E-state index in [0.29, 0.717) is 13.2 Å². The highest BCUT2D eigenvalue weighted by molar-refractivity contribution is 4.81. The largest absolute Gasteiger partial charge is 0.352 e. The van der Waals surface area contributed by atoms with Crippen LogP contribution in [0.15, 0.2) is 0 Å². The first kappa shape index (κ1) is 15.4. The third-order valence-corrected chi connectivity index (χ3v) is 2.31. The van der Waals surface area contributed by atoms with Gasteiger partial charge in [0.25, 0.3) is 0 Å². The summed E-state index contributed by atoms with van der Waals surface area (Å²) in [5, 5.41) is 8.78. The Morgan fingerprint density at radius 3 is 2.06 bits per heavy atom. The summed E-state index contributed by atoms with van der Waals surface area (Å²) in [6, 6.07) is 2.24. The molecule has 0 aliphatic heterocycles. The zero-order valence-electron chi connectivity index (χ0n) is 10.9. The fraction of sp³-hybridized carbons (Fsp3) is 0.917. The van der Waals surface area contributed by atoms with Crippen LogP contribution in [0.5, 0.6) is 0 Å². The van der Waals surface area contributed by atoms with E-state index in [0.717, 1.165) is 19.6 Å². The topological polar surface area (TPSA) is 45.5 Å². The lowest BCUT2D eigenvalue weighted by molar-refractivity contribution is -0.147. The Balaban J connectivity index is 4.09. The van der Waals surface area contributed by atoms with Gasteiger partial charge >= 0.3 is 0 Å². The highest BCUT2D eigenvalue weighted by Crippen LogP contribution is 2.03. The molecule has 0 radical (unpaired) electrons. The molecule has 16 heavy (non-hydrogen) atoms. The van der Waals surface area contributed by atoms with Crippen molar-refractivity contribution in [3.8, 4) is 6.07 Å². The summed E-state index contributed by atoms with van der Waals surface area (Å²) in [7, 11) is 0. The standard InChI is InChI=1S/C12H24N2O2/c1-5-14(9-11(4)8-13)10-12(15-6-2)16-7-3/h11-12H,5-7,9-10H2,1-4H3. The Hall–Kier alpha value is -0.630. The molecule has 0 saturated heterocycles. The third kappa shape index (κ3) is 6.78. The molecular weight excluding hydrogens is 204 g/mol. The van der Waals surface area contributed by atoms with E-state index in [1.165, 1.54) is 0 Å². The molecule has 1 unspecified atom stereocenters. The zero-order chi connectivity index (χ0) is 12.4. The molecule has 0 aromatic rings. The first-order valence-electron chi connectivity index (χ1n) is 6.02. The van der Waals surface area contributed by atoms with Crippen LogP contribution < -0.4 is 0 Å². The van der Waals surface area contributed by atoms with E-state index in [9.17, 15) is 0 Å². The molecule has 0 bridgehead atoms. The number of ether oxygens (including phenoxy) is 2. The Kier molecular flexibility index (Phi) is 9.21. The van der Waals surface area contributed by atoms with Gasteiger partial charge in [0, 0.05) is 26.3 Å². The monoisotopic (exact) mass is 228 g/mol. The van der Waals surface area contributed by atoms with Gasteiger partial charge in [-0.05, 0) is 27.3 Å². The van der Waals surface area contributed by atoms with Crippen molar-refractivity contribution in [2.24, 2.45) is 5.92 Å². The molecule has 4 nitrogen and oxygen atoms in total. The highest BCUT2D eigenvalue weighted by Gasteiger charge is 2.15. The van der Waals surface area contributed by atoms with Crippen molar-refractivity contribution < 1.29 is 9.47 Å². The Morgan fingerprint density at radius 1 is 1.12 bits per heavy atom. The van der Waals surface area contributed by atoms with Gasteiger partial charge in [-0.1, -0.05) is 6.92 Å². The number of nitrogens with zero attached hydrogens (tertiary/aromatic N) is 2. The first-order valence-corrected chi connectivity index (χ1v) is 6.02. The van der Waals surface area contributed by atoms with Gasteiger partial charge in [0.2, 0.25) is 0 Å². The fourth-order valence-electron chi connectivity index (χ4n) is 1.50. The minimum atomic E-state index is -0.180. The van der Waals surface area contributed by atoms with E-state index >= 15 is 0 Å². The SMILES string of the molecule is CCOC(CN(CC)CC(C)C#N)OCC. The Morgan fingerprint density at radius 2 is 1.69 bits per heavy atom. The number of hydrogen-bond donors (Lipinski definition) is 0. The predicted molar refractivity (Wildman–Crippen MR) is 63.9 cm³/mol.